The second-order valence-corrected chi connectivity index (χ2v) is 10.2. The summed E-state index contributed by atoms with van der Waals surface area (Å²) in [5, 5.41) is 11.3. The Morgan fingerprint density at radius 1 is 0.946 bits per heavy atom. The van der Waals surface area contributed by atoms with E-state index in [0.717, 1.165) is 34.4 Å². The molecule has 37 heavy (non-hydrogen) atoms. The number of hydrogen-bond donors (Lipinski definition) is 1. The average molecular weight is 512 g/mol. The number of rotatable bonds is 3. The fraction of sp³-hybridized carbons (Fsp3) is 0.345. The van der Waals surface area contributed by atoms with Crippen LogP contribution in [0.15, 0.2) is 66.7 Å². The van der Waals surface area contributed by atoms with Crippen LogP contribution in [0.1, 0.15) is 53.9 Å². The summed E-state index contributed by atoms with van der Waals surface area (Å²) in [7, 11) is 0. The van der Waals surface area contributed by atoms with Crippen LogP contribution in [0, 0.1) is 5.82 Å². The zero-order chi connectivity index (χ0) is 25.9. The Balaban J connectivity index is 1.18. The van der Waals surface area contributed by atoms with Crippen LogP contribution in [0.3, 0.4) is 0 Å². The van der Waals surface area contributed by atoms with Crippen molar-refractivity contribution in [3.63, 3.8) is 0 Å². The minimum absolute atomic E-state index is 0.0779. The largest absolute Gasteiger partial charge is 0.448 e. The number of amides is 1. The van der Waals surface area contributed by atoms with Gasteiger partial charge in [-0.25, -0.2) is 9.18 Å². The van der Waals surface area contributed by atoms with E-state index in [1.807, 2.05) is 36.4 Å². The van der Waals surface area contributed by atoms with Crippen LogP contribution >= 0.6 is 0 Å². The van der Waals surface area contributed by atoms with Gasteiger partial charge in [0.25, 0.3) is 0 Å². The minimum Gasteiger partial charge on any atom is -0.448 e. The molecule has 0 radical (unpaired) electrons. The third-order valence-corrected chi connectivity index (χ3v) is 8.13. The number of nitrogens with zero attached hydrogens (tertiary/aromatic N) is 1. The number of aliphatic hydroxyl groups is 1. The molecule has 1 N–H and O–H groups in total. The molecule has 2 fully saturated rings. The van der Waals surface area contributed by atoms with Crippen molar-refractivity contribution in [3.8, 4) is 11.1 Å². The van der Waals surface area contributed by atoms with E-state index in [1.54, 1.807) is 4.90 Å². The lowest BCUT2D eigenvalue weighted by atomic mass is 9.80. The van der Waals surface area contributed by atoms with Gasteiger partial charge in [0.1, 0.15) is 12.4 Å². The lowest BCUT2D eigenvalue weighted by molar-refractivity contribution is -0.140. The zero-order valence-corrected chi connectivity index (χ0v) is 19.8. The molecule has 192 valence electrons. The number of piperidine rings is 1. The highest BCUT2D eigenvalue weighted by Gasteiger charge is 2.51. The second kappa shape index (κ2) is 8.58. The molecule has 2 saturated heterocycles. The maximum absolute atomic E-state index is 14.2. The van der Waals surface area contributed by atoms with E-state index in [-0.39, 0.29) is 43.0 Å². The van der Waals surface area contributed by atoms with Crippen molar-refractivity contribution in [3.05, 3.63) is 94.8 Å². The van der Waals surface area contributed by atoms with E-state index in [2.05, 4.69) is 12.1 Å². The maximum atomic E-state index is 14.2. The monoisotopic (exact) mass is 511 g/mol. The minimum atomic E-state index is -4.81. The van der Waals surface area contributed by atoms with E-state index >= 15 is 0 Å². The van der Waals surface area contributed by atoms with Gasteiger partial charge in [0.2, 0.25) is 0 Å². The smallest absolute Gasteiger partial charge is 0.419 e. The Kier molecular flexibility index (Phi) is 5.56. The quantitative estimate of drug-likeness (QED) is 0.403. The molecule has 2 atom stereocenters. The molecule has 2 unspecified atom stereocenters. The number of carbonyl (C=O) groups is 1. The highest BCUT2D eigenvalue weighted by atomic mass is 19.4. The number of hydrogen-bond acceptors (Lipinski definition) is 3. The first-order chi connectivity index (χ1) is 17.7. The summed E-state index contributed by atoms with van der Waals surface area (Å²) in [4.78, 5) is 14.9. The van der Waals surface area contributed by atoms with E-state index in [1.165, 1.54) is 0 Å². The van der Waals surface area contributed by atoms with Gasteiger partial charge in [0.05, 0.1) is 11.2 Å². The highest BCUT2D eigenvalue weighted by Crippen LogP contribution is 2.48. The number of ether oxygens (including phenoxy) is 1. The predicted octanol–water partition coefficient (Wildman–Crippen LogP) is 6.61. The van der Waals surface area contributed by atoms with E-state index < -0.39 is 29.3 Å². The molecule has 4 nitrogen and oxygen atoms in total. The molecule has 0 spiro atoms. The molecule has 6 rings (SSSR count). The van der Waals surface area contributed by atoms with Crippen molar-refractivity contribution in [1.29, 1.82) is 0 Å². The van der Waals surface area contributed by atoms with Gasteiger partial charge < -0.3 is 14.7 Å². The number of halogens is 4. The number of benzene rings is 3. The van der Waals surface area contributed by atoms with Crippen LogP contribution < -0.4 is 0 Å². The number of alkyl halides is 3. The van der Waals surface area contributed by atoms with Crippen molar-refractivity contribution in [2.75, 3.05) is 6.61 Å². The summed E-state index contributed by atoms with van der Waals surface area (Å²) in [5.74, 6) is -1.49. The average Bonchev–Trinajstić information content (AvgIpc) is 3.34. The third kappa shape index (κ3) is 3.98. The van der Waals surface area contributed by atoms with Gasteiger partial charge in [-0.15, -0.1) is 0 Å². The Morgan fingerprint density at radius 2 is 1.51 bits per heavy atom. The van der Waals surface area contributed by atoms with Gasteiger partial charge in [-0.3, -0.25) is 0 Å². The van der Waals surface area contributed by atoms with Gasteiger partial charge in [-0.1, -0.05) is 54.6 Å². The Bertz CT molecular complexity index is 1310. The molecule has 3 aliphatic rings. The highest BCUT2D eigenvalue weighted by molar-refractivity contribution is 5.79. The van der Waals surface area contributed by atoms with Gasteiger partial charge in [-0.05, 0) is 52.8 Å². The fourth-order valence-corrected chi connectivity index (χ4v) is 6.46. The van der Waals surface area contributed by atoms with Crippen LogP contribution in [0.2, 0.25) is 0 Å². The molecule has 8 heteroatoms. The van der Waals surface area contributed by atoms with Crippen molar-refractivity contribution < 1.29 is 32.2 Å². The Labute approximate surface area is 211 Å². The normalized spacial score (nSPS) is 24.6. The van der Waals surface area contributed by atoms with Gasteiger partial charge in [0, 0.05) is 30.8 Å². The zero-order valence-electron chi connectivity index (χ0n) is 19.8. The summed E-state index contributed by atoms with van der Waals surface area (Å²) in [5.41, 5.74) is 1.70. The molecule has 3 aromatic rings. The summed E-state index contributed by atoms with van der Waals surface area (Å²) >= 11 is 0. The van der Waals surface area contributed by atoms with Crippen molar-refractivity contribution in [2.45, 2.75) is 55.5 Å². The molecule has 1 aliphatic carbocycles. The summed E-state index contributed by atoms with van der Waals surface area (Å²) in [6.45, 7) is 0.178. The molecule has 0 saturated carbocycles. The molecular formula is C29H25F4NO3. The molecule has 2 aliphatic heterocycles. The maximum Gasteiger partial charge on any atom is 0.419 e. The Morgan fingerprint density at radius 3 is 2.05 bits per heavy atom. The standard InChI is InChI=1S/C29H25F4NO3/c30-26-13-17(9-12-25(26)29(31,32)33)28(36)14-18-10-11-19(15-28)34(18)27(35)37-16-24-22-7-3-1-5-20(22)21-6-2-4-8-23(21)24/h1-9,12-13,18-19,24,36H,10-11,14-16H2. The molecule has 2 heterocycles. The summed E-state index contributed by atoms with van der Waals surface area (Å²) in [6.07, 6.45) is -3.77. The first-order valence-electron chi connectivity index (χ1n) is 12.4. The van der Waals surface area contributed by atoms with E-state index in [4.69, 9.17) is 4.74 Å². The van der Waals surface area contributed by atoms with Crippen molar-refractivity contribution in [1.82, 2.24) is 4.90 Å². The van der Waals surface area contributed by atoms with Crippen LogP contribution in [0.5, 0.6) is 0 Å². The lowest BCUT2D eigenvalue weighted by Gasteiger charge is -2.43. The SMILES string of the molecule is O=C(OCC1c2ccccc2-c2ccccc21)N1C2CCC1CC(O)(c1ccc(C(F)(F)F)c(F)c1)C2. The van der Waals surface area contributed by atoms with E-state index in [9.17, 15) is 27.5 Å². The summed E-state index contributed by atoms with van der Waals surface area (Å²) in [6, 6.07) is 18.0. The lowest BCUT2D eigenvalue weighted by Crippen LogP contribution is -2.52. The number of carbonyl (C=O) groups excluding carboxylic acids is 1. The Hall–Kier alpha value is -3.39. The second-order valence-electron chi connectivity index (χ2n) is 10.2. The van der Waals surface area contributed by atoms with Crippen LogP contribution in [-0.4, -0.2) is 34.8 Å². The van der Waals surface area contributed by atoms with E-state index in [0.29, 0.717) is 18.9 Å². The molecule has 3 aromatic carbocycles. The topological polar surface area (TPSA) is 49.8 Å². The first kappa shape index (κ1) is 24.0. The van der Waals surface area contributed by atoms with Gasteiger partial charge in [-0.2, -0.15) is 13.2 Å². The van der Waals surface area contributed by atoms with Crippen LogP contribution in [-0.2, 0) is 16.5 Å². The molecule has 1 amide bonds. The predicted molar refractivity (Wildman–Crippen MR) is 128 cm³/mol. The van der Waals surface area contributed by atoms with Gasteiger partial charge >= 0.3 is 12.3 Å². The first-order valence-corrected chi connectivity index (χ1v) is 12.4. The molecular weight excluding hydrogens is 486 g/mol. The van der Waals surface area contributed by atoms with Crippen LogP contribution in [0.4, 0.5) is 22.4 Å². The summed E-state index contributed by atoms with van der Waals surface area (Å²) < 4.78 is 59.0. The third-order valence-electron chi connectivity index (χ3n) is 8.13. The molecule has 0 aromatic heterocycles. The van der Waals surface area contributed by atoms with Crippen molar-refractivity contribution >= 4 is 6.09 Å². The number of fused-ring (bicyclic) bond motifs is 5. The molecule has 2 bridgehead atoms. The van der Waals surface area contributed by atoms with Crippen LogP contribution in [0.25, 0.3) is 11.1 Å². The van der Waals surface area contributed by atoms with Crippen molar-refractivity contribution in [2.24, 2.45) is 0 Å². The van der Waals surface area contributed by atoms with Gasteiger partial charge in [0.15, 0.2) is 0 Å². The fourth-order valence-electron chi connectivity index (χ4n) is 6.46.